The number of nitrogens with zero attached hydrogens (tertiary/aromatic N) is 2. The van der Waals surface area contributed by atoms with Gasteiger partial charge in [-0.3, -0.25) is 9.69 Å². The normalized spacial score (nSPS) is 15.1. The minimum Gasteiger partial charge on any atom is -0.451 e. The maximum atomic E-state index is 12.4. The molecule has 0 atom stereocenters. The minimum absolute atomic E-state index is 0.145. The molecule has 1 saturated heterocycles. The number of fused-ring (bicyclic) bond motifs is 1. The maximum absolute atomic E-state index is 12.4. The minimum atomic E-state index is -0.442. The Morgan fingerprint density at radius 1 is 1.04 bits per heavy atom. The van der Waals surface area contributed by atoms with Crippen LogP contribution in [0.1, 0.15) is 14.5 Å². The molecule has 3 aromatic rings. The SMILES string of the molecule is O=C(OCC(=O)N1CCN(Cc2ccc(Cl)s2)CC1)c1cc2ccccc2s1. The van der Waals surface area contributed by atoms with Gasteiger partial charge >= 0.3 is 5.97 Å². The van der Waals surface area contributed by atoms with Crippen molar-refractivity contribution in [3.63, 3.8) is 0 Å². The van der Waals surface area contributed by atoms with E-state index in [-0.39, 0.29) is 12.5 Å². The van der Waals surface area contributed by atoms with Crippen LogP contribution in [0.5, 0.6) is 0 Å². The number of halogens is 1. The molecule has 28 heavy (non-hydrogen) atoms. The molecule has 2 aromatic heterocycles. The topological polar surface area (TPSA) is 49.9 Å². The number of piperazine rings is 1. The van der Waals surface area contributed by atoms with Gasteiger partial charge in [0.15, 0.2) is 6.61 Å². The molecule has 3 heterocycles. The number of rotatable bonds is 5. The summed E-state index contributed by atoms with van der Waals surface area (Å²) < 4.78 is 7.08. The summed E-state index contributed by atoms with van der Waals surface area (Å²) in [4.78, 5) is 30.5. The third-order valence-corrected chi connectivity index (χ3v) is 7.00. The number of carbonyl (C=O) groups excluding carboxylic acids is 2. The van der Waals surface area contributed by atoms with E-state index in [1.165, 1.54) is 16.2 Å². The highest BCUT2D eigenvalue weighted by Crippen LogP contribution is 2.26. The molecular formula is C20H19ClN2O3S2. The highest BCUT2D eigenvalue weighted by atomic mass is 35.5. The predicted molar refractivity (Wildman–Crippen MR) is 113 cm³/mol. The third-order valence-electron chi connectivity index (χ3n) is 4.69. The van der Waals surface area contributed by atoms with Gasteiger partial charge in [0.2, 0.25) is 0 Å². The lowest BCUT2D eigenvalue weighted by Gasteiger charge is -2.34. The van der Waals surface area contributed by atoms with E-state index in [9.17, 15) is 9.59 Å². The van der Waals surface area contributed by atoms with E-state index in [1.54, 1.807) is 16.2 Å². The van der Waals surface area contributed by atoms with Crippen molar-refractivity contribution in [2.24, 2.45) is 0 Å². The smallest absolute Gasteiger partial charge is 0.348 e. The molecule has 1 aliphatic heterocycles. The Kier molecular flexibility index (Phi) is 5.96. The first-order chi connectivity index (χ1) is 13.6. The van der Waals surface area contributed by atoms with Crippen LogP contribution in [0, 0.1) is 0 Å². The molecule has 0 unspecified atom stereocenters. The molecule has 5 nitrogen and oxygen atoms in total. The van der Waals surface area contributed by atoms with Crippen molar-refractivity contribution in [2.45, 2.75) is 6.54 Å². The fourth-order valence-electron chi connectivity index (χ4n) is 3.18. The van der Waals surface area contributed by atoms with Gasteiger partial charge in [0.05, 0.1) is 4.34 Å². The van der Waals surface area contributed by atoms with Gasteiger partial charge in [0.1, 0.15) is 4.88 Å². The second-order valence-corrected chi connectivity index (χ2v) is 9.47. The first-order valence-corrected chi connectivity index (χ1v) is 11.0. The third kappa shape index (κ3) is 4.55. The fraction of sp³-hybridized carbons (Fsp3) is 0.300. The molecule has 0 bridgehead atoms. The molecular weight excluding hydrogens is 416 g/mol. The maximum Gasteiger partial charge on any atom is 0.348 e. The molecule has 0 N–H and O–H groups in total. The molecule has 0 radical (unpaired) electrons. The number of thiophene rings is 2. The molecule has 1 aromatic carbocycles. The van der Waals surface area contributed by atoms with Crippen LogP contribution in [0.15, 0.2) is 42.5 Å². The van der Waals surface area contributed by atoms with Crippen LogP contribution in [0.3, 0.4) is 0 Å². The average Bonchev–Trinajstić information content (AvgIpc) is 3.32. The van der Waals surface area contributed by atoms with E-state index in [4.69, 9.17) is 16.3 Å². The van der Waals surface area contributed by atoms with E-state index in [0.29, 0.717) is 18.0 Å². The molecule has 146 valence electrons. The quantitative estimate of drug-likeness (QED) is 0.567. The van der Waals surface area contributed by atoms with Crippen molar-refractivity contribution < 1.29 is 14.3 Å². The lowest BCUT2D eigenvalue weighted by Crippen LogP contribution is -2.49. The lowest BCUT2D eigenvalue weighted by molar-refractivity contribution is -0.136. The van der Waals surface area contributed by atoms with E-state index in [1.807, 2.05) is 42.5 Å². The standard InChI is InChI=1S/C20H19ClN2O3S2/c21-18-6-5-15(27-18)12-22-7-9-23(10-8-22)19(24)13-26-20(25)17-11-14-3-1-2-4-16(14)28-17/h1-6,11H,7-10,12-13H2. The largest absolute Gasteiger partial charge is 0.451 e. The summed E-state index contributed by atoms with van der Waals surface area (Å²) in [5.41, 5.74) is 0. The average molecular weight is 435 g/mol. The summed E-state index contributed by atoms with van der Waals surface area (Å²) in [5, 5.41) is 1.01. The second kappa shape index (κ2) is 8.61. The zero-order chi connectivity index (χ0) is 19.5. The molecule has 1 aliphatic rings. The summed E-state index contributed by atoms with van der Waals surface area (Å²) in [5.74, 6) is -0.587. The van der Waals surface area contributed by atoms with Gasteiger partial charge in [-0.15, -0.1) is 22.7 Å². The van der Waals surface area contributed by atoms with Crippen molar-refractivity contribution in [1.29, 1.82) is 0 Å². The van der Waals surface area contributed by atoms with Crippen LogP contribution >= 0.6 is 34.3 Å². The van der Waals surface area contributed by atoms with Crippen molar-refractivity contribution in [3.05, 3.63) is 56.6 Å². The Balaban J connectivity index is 1.24. The molecule has 0 aliphatic carbocycles. The van der Waals surface area contributed by atoms with Gasteiger partial charge in [-0.2, -0.15) is 0 Å². The number of amides is 1. The van der Waals surface area contributed by atoms with Crippen LogP contribution in [0.4, 0.5) is 0 Å². The van der Waals surface area contributed by atoms with Crippen LogP contribution in [0.25, 0.3) is 10.1 Å². The number of hydrogen-bond donors (Lipinski definition) is 0. The first kappa shape index (κ1) is 19.4. The Morgan fingerprint density at radius 2 is 1.82 bits per heavy atom. The van der Waals surface area contributed by atoms with Gasteiger partial charge in [-0.1, -0.05) is 29.8 Å². The lowest BCUT2D eigenvalue weighted by atomic mass is 10.2. The Labute approximate surface area is 176 Å². The Bertz CT molecular complexity index is 959. The summed E-state index contributed by atoms with van der Waals surface area (Å²) >= 11 is 8.94. The highest BCUT2D eigenvalue weighted by Gasteiger charge is 2.23. The van der Waals surface area contributed by atoms with Crippen molar-refractivity contribution >= 4 is 56.2 Å². The van der Waals surface area contributed by atoms with Gasteiger partial charge in [-0.25, -0.2) is 4.79 Å². The number of carbonyl (C=O) groups is 2. The van der Waals surface area contributed by atoms with E-state index < -0.39 is 5.97 Å². The number of ether oxygens (including phenoxy) is 1. The zero-order valence-electron chi connectivity index (χ0n) is 15.1. The highest BCUT2D eigenvalue weighted by molar-refractivity contribution is 7.20. The van der Waals surface area contributed by atoms with Gasteiger partial charge < -0.3 is 9.64 Å². The number of esters is 1. The predicted octanol–water partition coefficient (Wildman–Crippen LogP) is 4.12. The van der Waals surface area contributed by atoms with E-state index in [0.717, 1.165) is 34.1 Å². The number of hydrogen-bond acceptors (Lipinski definition) is 6. The fourth-order valence-corrected chi connectivity index (χ4v) is 5.27. The second-order valence-electron chi connectivity index (χ2n) is 6.59. The van der Waals surface area contributed by atoms with Gasteiger partial charge in [0, 0.05) is 42.3 Å². The Morgan fingerprint density at radius 3 is 2.54 bits per heavy atom. The molecule has 8 heteroatoms. The summed E-state index contributed by atoms with van der Waals surface area (Å²) in [6.45, 7) is 3.50. The monoisotopic (exact) mass is 434 g/mol. The van der Waals surface area contributed by atoms with Crippen molar-refractivity contribution in [1.82, 2.24) is 9.80 Å². The van der Waals surface area contributed by atoms with Crippen molar-refractivity contribution in [2.75, 3.05) is 32.8 Å². The van der Waals surface area contributed by atoms with Gasteiger partial charge in [-0.05, 0) is 29.7 Å². The molecule has 0 spiro atoms. The summed E-state index contributed by atoms with van der Waals surface area (Å²) in [6.07, 6.45) is 0. The van der Waals surface area contributed by atoms with E-state index in [2.05, 4.69) is 4.90 Å². The molecule has 4 rings (SSSR count). The van der Waals surface area contributed by atoms with E-state index >= 15 is 0 Å². The summed E-state index contributed by atoms with van der Waals surface area (Å²) in [6, 6.07) is 13.5. The summed E-state index contributed by atoms with van der Waals surface area (Å²) in [7, 11) is 0. The van der Waals surface area contributed by atoms with Crippen LogP contribution in [-0.4, -0.2) is 54.5 Å². The van der Waals surface area contributed by atoms with Crippen LogP contribution in [-0.2, 0) is 16.1 Å². The first-order valence-electron chi connectivity index (χ1n) is 8.98. The van der Waals surface area contributed by atoms with Crippen molar-refractivity contribution in [3.8, 4) is 0 Å². The van der Waals surface area contributed by atoms with Crippen LogP contribution < -0.4 is 0 Å². The molecule has 1 fully saturated rings. The number of benzene rings is 1. The molecule has 0 saturated carbocycles. The van der Waals surface area contributed by atoms with Gasteiger partial charge in [0.25, 0.3) is 5.91 Å². The molecule has 1 amide bonds. The van der Waals surface area contributed by atoms with Crippen LogP contribution in [0.2, 0.25) is 4.34 Å². The zero-order valence-corrected chi connectivity index (χ0v) is 17.5. The Hall–Kier alpha value is -1.93.